The van der Waals surface area contributed by atoms with E-state index < -0.39 is 41.9 Å². The minimum absolute atomic E-state index is 0.272. The van der Waals surface area contributed by atoms with Crippen molar-refractivity contribution in [3.05, 3.63) is 0 Å². The first kappa shape index (κ1) is 17.3. The summed E-state index contributed by atoms with van der Waals surface area (Å²) >= 11 is 1.46. The highest BCUT2D eigenvalue weighted by atomic mass is 32.2. The standard InChI is InChI=1S/C12H19N3O5S/c1-12(2)10(19)15(11(20)14-12)6-8(16)13-7(9(17)18)4-5-21-3/h7H,4-6H2,1-3H3,(H,13,16)(H,14,20)(H,17,18). The Morgan fingerprint density at radius 3 is 2.48 bits per heavy atom. The van der Waals surface area contributed by atoms with Gasteiger partial charge in [-0.05, 0) is 32.3 Å². The van der Waals surface area contributed by atoms with E-state index in [0.29, 0.717) is 5.75 Å². The lowest BCUT2D eigenvalue weighted by Crippen LogP contribution is -2.47. The Balaban J connectivity index is 2.62. The van der Waals surface area contributed by atoms with Crippen molar-refractivity contribution in [2.75, 3.05) is 18.6 Å². The summed E-state index contributed by atoms with van der Waals surface area (Å²) in [6.45, 7) is 2.57. The number of urea groups is 1. The molecule has 1 fully saturated rings. The fourth-order valence-corrected chi connectivity index (χ4v) is 2.31. The molecule has 1 unspecified atom stereocenters. The molecule has 0 aromatic carbocycles. The highest BCUT2D eigenvalue weighted by molar-refractivity contribution is 7.98. The Morgan fingerprint density at radius 2 is 2.05 bits per heavy atom. The van der Waals surface area contributed by atoms with Crippen molar-refractivity contribution in [2.45, 2.75) is 31.8 Å². The highest BCUT2D eigenvalue weighted by Gasteiger charge is 2.45. The average Bonchev–Trinajstić information content (AvgIpc) is 2.56. The van der Waals surface area contributed by atoms with Crippen LogP contribution in [-0.4, -0.2) is 64.0 Å². The molecule has 0 saturated carbocycles. The highest BCUT2D eigenvalue weighted by Crippen LogP contribution is 2.16. The zero-order valence-electron chi connectivity index (χ0n) is 12.1. The molecule has 0 radical (unpaired) electrons. The van der Waals surface area contributed by atoms with Gasteiger partial charge >= 0.3 is 12.0 Å². The molecule has 9 heteroatoms. The Hall–Kier alpha value is -1.77. The molecular weight excluding hydrogens is 298 g/mol. The number of nitrogens with one attached hydrogen (secondary N) is 2. The molecule has 0 aliphatic carbocycles. The zero-order chi connectivity index (χ0) is 16.2. The van der Waals surface area contributed by atoms with Gasteiger partial charge in [-0.25, -0.2) is 9.59 Å². The van der Waals surface area contributed by atoms with Crippen LogP contribution in [0.1, 0.15) is 20.3 Å². The summed E-state index contributed by atoms with van der Waals surface area (Å²) in [6.07, 6.45) is 2.10. The average molecular weight is 317 g/mol. The number of carboxylic acid groups (broad SMARTS) is 1. The van der Waals surface area contributed by atoms with Gasteiger partial charge < -0.3 is 15.7 Å². The molecule has 1 heterocycles. The van der Waals surface area contributed by atoms with E-state index in [4.69, 9.17) is 5.11 Å². The summed E-state index contributed by atoms with van der Waals surface area (Å²) in [7, 11) is 0. The van der Waals surface area contributed by atoms with Crippen LogP contribution >= 0.6 is 11.8 Å². The molecule has 8 nitrogen and oxygen atoms in total. The minimum Gasteiger partial charge on any atom is -0.480 e. The maximum absolute atomic E-state index is 11.9. The number of carbonyl (C=O) groups is 4. The Bertz CT molecular complexity index is 466. The van der Waals surface area contributed by atoms with Crippen molar-refractivity contribution in [3.8, 4) is 0 Å². The van der Waals surface area contributed by atoms with Crippen molar-refractivity contribution >= 4 is 35.6 Å². The lowest BCUT2D eigenvalue weighted by atomic mass is 10.1. The molecule has 3 N–H and O–H groups in total. The summed E-state index contributed by atoms with van der Waals surface area (Å²) in [5, 5.41) is 13.8. The number of amides is 4. The monoisotopic (exact) mass is 317 g/mol. The topological polar surface area (TPSA) is 116 Å². The summed E-state index contributed by atoms with van der Waals surface area (Å²) in [5.41, 5.74) is -1.05. The van der Waals surface area contributed by atoms with Crippen LogP contribution in [0.25, 0.3) is 0 Å². The predicted molar refractivity (Wildman–Crippen MR) is 76.9 cm³/mol. The van der Waals surface area contributed by atoms with Gasteiger partial charge in [0.25, 0.3) is 5.91 Å². The van der Waals surface area contributed by atoms with Gasteiger partial charge in [0.1, 0.15) is 18.1 Å². The Morgan fingerprint density at radius 1 is 1.43 bits per heavy atom. The molecule has 4 amide bonds. The number of thioether (sulfide) groups is 1. The normalized spacial score (nSPS) is 18.3. The van der Waals surface area contributed by atoms with E-state index in [1.165, 1.54) is 25.6 Å². The number of nitrogens with zero attached hydrogens (tertiary/aromatic N) is 1. The molecule has 0 spiro atoms. The Labute approximate surface area is 126 Å². The molecule has 21 heavy (non-hydrogen) atoms. The first-order valence-electron chi connectivity index (χ1n) is 6.34. The van der Waals surface area contributed by atoms with Crippen LogP contribution in [0.4, 0.5) is 4.79 Å². The smallest absolute Gasteiger partial charge is 0.326 e. The molecular formula is C12H19N3O5S. The molecule has 0 aromatic heterocycles. The van der Waals surface area contributed by atoms with Gasteiger partial charge in [-0.3, -0.25) is 14.5 Å². The molecule has 1 rings (SSSR count). The van der Waals surface area contributed by atoms with Crippen LogP contribution in [-0.2, 0) is 14.4 Å². The third kappa shape index (κ3) is 4.35. The third-order valence-corrected chi connectivity index (χ3v) is 3.63. The van der Waals surface area contributed by atoms with Crippen molar-refractivity contribution in [1.82, 2.24) is 15.5 Å². The van der Waals surface area contributed by atoms with Gasteiger partial charge in [-0.1, -0.05) is 0 Å². The van der Waals surface area contributed by atoms with Crippen molar-refractivity contribution in [2.24, 2.45) is 0 Å². The predicted octanol–water partition coefficient (Wildman–Crippen LogP) is -0.361. The van der Waals surface area contributed by atoms with Gasteiger partial charge in [-0.2, -0.15) is 11.8 Å². The SMILES string of the molecule is CSCCC(NC(=O)CN1C(=O)NC(C)(C)C1=O)C(=O)O. The largest absolute Gasteiger partial charge is 0.480 e. The zero-order valence-corrected chi connectivity index (χ0v) is 13.0. The minimum atomic E-state index is -1.14. The second kappa shape index (κ2) is 6.79. The van der Waals surface area contributed by atoms with Gasteiger partial charge in [0.15, 0.2) is 0 Å². The molecule has 0 aromatic rings. The fourth-order valence-electron chi connectivity index (χ4n) is 1.84. The maximum Gasteiger partial charge on any atom is 0.326 e. The second-order valence-electron chi connectivity index (χ2n) is 5.19. The van der Waals surface area contributed by atoms with Gasteiger partial charge in [-0.15, -0.1) is 0 Å². The molecule has 1 saturated heterocycles. The van der Waals surface area contributed by atoms with Crippen molar-refractivity contribution < 1.29 is 24.3 Å². The van der Waals surface area contributed by atoms with Crippen LogP contribution in [0.15, 0.2) is 0 Å². The molecule has 118 valence electrons. The van der Waals surface area contributed by atoms with Gasteiger partial charge in [0, 0.05) is 0 Å². The molecule has 1 aliphatic rings. The van der Waals surface area contributed by atoms with Gasteiger partial charge in [0.05, 0.1) is 0 Å². The third-order valence-electron chi connectivity index (χ3n) is 2.99. The maximum atomic E-state index is 11.9. The number of carbonyl (C=O) groups excluding carboxylic acids is 3. The number of rotatable bonds is 7. The lowest BCUT2D eigenvalue weighted by molar-refractivity contribution is -0.142. The van der Waals surface area contributed by atoms with E-state index in [1.807, 2.05) is 6.26 Å². The summed E-state index contributed by atoms with van der Waals surface area (Å²) < 4.78 is 0. The van der Waals surface area contributed by atoms with Crippen LogP contribution in [0.2, 0.25) is 0 Å². The molecule has 1 atom stereocenters. The number of hydrogen-bond donors (Lipinski definition) is 3. The first-order valence-corrected chi connectivity index (χ1v) is 7.73. The van der Waals surface area contributed by atoms with E-state index in [-0.39, 0.29) is 6.42 Å². The van der Waals surface area contributed by atoms with E-state index in [0.717, 1.165) is 4.90 Å². The number of imide groups is 1. The Kier molecular flexibility index (Phi) is 5.59. The molecule has 1 aliphatic heterocycles. The fraction of sp³-hybridized carbons (Fsp3) is 0.667. The number of hydrogen-bond acceptors (Lipinski definition) is 5. The van der Waals surface area contributed by atoms with E-state index in [9.17, 15) is 19.2 Å². The quantitative estimate of drug-likeness (QED) is 0.552. The van der Waals surface area contributed by atoms with Crippen molar-refractivity contribution in [1.29, 1.82) is 0 Å². The van der Waals surface area contributed by atoms with E-state index >= 15 is 0 Å². The molecule has 0 bridgehead atoms. The van der Waals surface area contributed by atoms with Crippen molar-refractivity contribution in [3.63, 3.8) is 0 Å². The van der Waals surface area contributed by atoms with Crippen LogP contribution in [0.5, 0.6) is 0 Å². The van der Waals surface area contributed by atoms with Crippen LogP contribution < -0.4 is 10.6 Å². The summed E-state index contributed by atoms with van der Waals surface area (Å²) in [6, 6.07) is -1.69. The summed E-state index contributed by atoms with van der Waals surface area (Å²) in [5.74, 6) is -1.76. The van der Waals surface area contributed by atoms with E-state index in [2.05, 4.69) is 10.6 Å². The lowest BCUT2D eigenvalue weighted by Gasteiger charge is -2.18. The number of carboxylic acids is 1. The second-order valence-corrected chi connectivity index (χ2v) is 6.17. The first-order chi connectivity index (χ1) is 9.69. The number of aliphatic carboxylic acids is 1. The van der Waals surface area contributed by atoms with Gasteiger partial charge in [0.2, 0.25) is 5.91 Å². The summed E-state index contributed by atoms with van der Waals surface area (Å²) in [4.78, 5) is 47.2. The van der Waals surface area contributed by atoms with Crippen LogP contribution in [0.3, 0.4) is 0 Å². The van der Waals surface area contributed by atoms with E-state index in [1.54, 1.807) is 0 Å². The van der Waals surface area contributed by atoms with Crippen LogP contribution in [0, 0.1) is 0 Å².